The smallest absolute Gasteiger partial charge is 0.313 e. The molecule has 0 aliphatic rings. The normalized spacial score (nSPS) is 10.2. The van der Waals surface area contributed by atoms with E-state index in [-0.39, 0.29) is 5.69 Å². The molecule has 0 aromatic heterocycles. The van der Waals surface area contributed by atoms with E-state index in [1.165, 1.54) is 12.1 Å². The van der Waals surface area contributed by atoms with Gasteiger partial charge in [0.2, 0.25) is 0 Å². The summed E-state index contributed by atoms with van der Waals surface area (Å²) in [7, 11) is 0. The number of carbonyl (C=O) groups excluding carboxylic acids is 1. The highest BCUT2D eigenvalue weighted by Crippen LogP contribution is 2.14. The Morgan fingerprint density at radius 1 is 1.10 bits per heavy atom. The third kappa shape index (κ3) is 4.57. The fourth-order valence-corrected chi connectivity index (χ4v) is 1.88. The van der Waals surface area contributed by atoms with Crippen LogP contribution in [0.4, 0.5) is 20.6 Å². The lowest BCUT2D eigenvalue weighted by Crippen LogP contribution is -2.20. The fourth-order valence-electron chi connectivity index (χ4n) is 1.88. The molecule has 0 aliphatic heterocycles. The number of benzene rings is 2. The summed E-state index contributed by atoms with van der Waals surface area (Å²) in [5, 5.41) is 8.39. The molecule has 0 atom stereocenters. The molecule has 2 aromatic rings. The second-order valence-electron chi connectivity index (χ2n) is 4.54. The zero-order valence-corrected chi connectivity index (χ0v) is 11.8. The molecule has 21 heavy (non-hydrogen) atoms. The molecule has 0 radical (unpaired) electrons. The minimum Gasteiger partial charge on any atom is -0.313 e. The average molecular weight is 287 g/mol. The van der Waals surface area contributed by atoms with Crippen molar-refractivity contribution in [3.63, 3.8) is 0 Å². The summed E-state index contributed by atoms with van der Waals surface area (Å²) < 4.78 is 13.4. The molecule has 0 heterocycles. The van der Waals surface area contributed by atoms with Crippen molar-refractivity contribution < 1.29 is 9.18 Å². The van der Waals surface area contributed by atoms with Gasteiger partial charge in [-0.25, -0.2) is 9.18 Å². The van der Waals surface area contributed by atoms with Crippen LogP contribution in [0.1, 0.15) is 12.5 Å². The Morgan fingerprint density at radius 3 is 2.67 bits per heavy atom. The lowest BCUT2D eigenvalue weighted by atomic mass is 10.2. The molecule has 2 amide bonds. The van der Waals surface area contributed by atoms with Gasteiger partial charge in [-0.15, -0.1) is 0 Å². The van der Waals surface area contributed by atoms with Crippen LogP contribution in [-0.2, 0) is 6.54 Å². The zero-order valence-electron chi connectivity index (χ0n) is 11.8. The van der Waals surface area contributed by atoms with Crippen LogP contribution >= 0.6 is 0 Å². The number of anilines is 2. The lowest BCUT2D eigenvalue weighted by Gasteiger charge is -2.09. The van der Waals surface area contributed by atoms with Gasteiger partial charge in [0.25, 0.3) is 0 Å². The van der Waals surface area contributed by atoms with E-state index in [0.29, 0.717) is 5.69 Å². The van der Waals surface area contributed by atoms with Crippen LogP contribution in [0.15, 0.2) is 48.5 Å². The molecule has 110 valence electrons. The number of halogens is 1. The maximum atomic E-state index is 13.4. The van der Waals surface area contributed by atoms with Crippen molar-refractivity contribution in [1.82, 2.24) is 5.32 Å². The first-order valence-electron chi connectivity index (χ1n) is 6.81. The molecule has 2 rings (SSSR count). The number of hydrogen-bond donors (Lipinski definition) is 3. The summed E-state index contributed by atoms with van der Waals surface area (Å²) in [6.07, 6.45) is 0. The number of hydrogen-bond acceptors (Lipinski definition) is 2. The molecule has 0 spiro atoms. The van der Waals surface area contributed by atoms with Crippen LogP contribution in [0.2, 0.25) is 0 Å². The van der Waals surface area contributed by atoms with E-state index in [0.717, 1.165) is 18.7 Å². The Labute approximate surface area is 123 Å². The van der Waals surface area contributed by atoms with E-state index in [2.05, 4.69) is 16.0 Å². The van der Waals surface area contributed by atoms with Crippen LogP contribution in [0.25, 0.3) is 0 Å². The molecule has 2 aromatic carbocycles. The van der Waals surface area contributed by atoms with Crippen LogP contribution in [0.3, 0.4) is 0 Å². The predicted molar refractivity (Wildman–Crippen MR) is 82.9 cm³/mol. The van der Waals surface area contributed by atoms with E-state index in [4.69, 9.17) is 0 Å². The number of para-hydroxylation sites is 1. The summed E-state index contributed by atoms with van der Waals surface area (Å²) in [4.78, 5) is 11.9. The molecule has 0 bridgehead atoms. The van der Waals surface area contributed by atoms with Crippen molar-refractivity contribution in [2.45, 2.75) is 13.5 Å². The van der Waals surface area contributed by atoms with Gasteiger partial charge in [0.05, 0.1) is 5.69 Å². The third-order valence-corrected chi connectivity index (χ3v) is 2.89. The van der Waals surface area contributed by atoms with E-state index in [1.54, 1.807) is 18.2 Å². The largest absolute Gasteiger partial charge is 0.323 e. The zero-order chi connectivity index (χ0) is 15.1. The van der Waals surface area contributed by atoms with Crippen LogP contribution in [-0.4, -0.2) is 12.6 Å². The van der Waals surface area contributed by atoms with Gasteiger partial charge < -0.3 is 16.0 Å². The highest BCUT2D eigenvalue weighted by molar-refractivity contribution is 5.99. The minimum absolute atomic E-state index is 0.152. The predicted octanol–water partition coefficient (Wildman–Crippen LogP) is 3.58. The summed E-state index contributed by atoms with van der Waals surface area (Å²) in [6, 6.07) is 13.1. The molecular weight excluding hydrogens is 269 g/mol. The molecule has 3 N–H and O–H groups in total. The van der Waals surface area contributed by atoms with Crippen LogP contribution in [0, 0.1) is 5.82 Å². The lowest BCUT2D eigenvalue weighted by molar-refractivity contribution is 0.262. The van der Waals surface area contributed by atoms with E-state index >= 15 is 0 Å². The van der Waals surface area contributed by atoms with Crippen molar-refractivity contribution in [1.29, 1.82) is 0 Å². The van der Waals surface area contributed by atoms with Gasteiger partial charge in [0, 0.05) is 12.2 Å². The average Bonchev–Trinajstić information content (AvgIpc) is 2.48. The molecule has 0 fully saturated rings. The van der Waals surface area contributed by atoms with E-state index in [1.807, 2.05) is 25.1 Å². The van der Waals surface area contributed by atoms with Gasteiger partial charge in [-0.3, -0.25) is 0 Å². The second-order valence-corrected chi connectivity index (χ2v) is 4.54. The molecule has 0 saturated carbocycles. The third-order valence-electron chi connectivity index (χ3n) is 2.89. The summed E-state index contributed by atoms with van der Waals surface area (Å²) >= 11 is 0. The molecule has 0 unspecified atom stereocenters. The van der Waals surface area contributed by atoms with Crippen molar-refractivity contribution in [2.75, 3.05) is 17.2 Å². The van der Waals surface area contributed by atoms with Gasteiger partial charge in [-0.2, -0.15) is 0 Å². The number of carbonyl (C=O) groups is 1. The first-order valence-corrected chi connectivity index (χ1v) is 6.81. The van der Waals surface area contributed by atoms with Gasteiger partial charge in [0.15, 0.2) is 0 Å². The molecule has 0 aliphatic carbocycles. The van der Waals surface area contributed by atoms with Crippen molar-refractivity contribution in [3.8, 4) is 0 Å². The molecule has 5 heteroatoms. The standard InChI is InChI=1S/C16H18FN3O/c1-2-18-11-12-6-5-7-13(10-12)19-16(21)20-15-9-4-3-8-14(15)17/h3-10,18H,2,11H2,1H3,(H2,19,20,21). The summed E-state index contributed by atoms with van der Waals surface area (Å²) in [6.45, 7) is 3.65. The van der Waals surface area contributed by atoms with Gasteiger partial charge in [-0.05, 0) is 36.4 Å². The van der Waals surface area contributed by atoms with Crippen molar-refractivity contribution in [2.24, 2.45) is 0 Å². The molecule has 4 nitrogen and oxygen atoms in total. The highest BCUT2D eigenvalue weighted by Gasteiger charge is 2.06. The van der Waals surface area contributed by atoms with Crippen molar-refractivity contribution >= 4 is 17.4 Å². The second kappa shape index (κ2) is 7.40. The quantitative estimate of drug-likeness (QED) is 0.787. The van der Waals surface area contributed by atoms with E-state index in [9.17, 15) is 9.18 Å². The molecular formula is C16H18FN3O. The Balaban J connectivity index is 1.98. The minimum atomic E-state index is -0.472. The summed E-state index contributed by atoms with van der Waals surface area (Å²) in [5.74, 6) is -0.464. The SMILES string of the molecule is CCNCc1cccc(NC(=O)Nc2ccccc2F)c1. The number of nitrogens with one attached hydrogen (secondary N) is 3. The number of rotatable bonds is 5. The first kappa shape index (κ1) is 15.0. The Kier molecular flexibility index (Phi) is 5.29. The number of amides is 2. The van der Waals surface area contributed by atoms with Crippen LogP contribution in [0.5, 0.6) is 0 Å². The maximum absolute atomic E-state index is 13.4. The molecule has 0 saturated heterocycles. The van der Waals surface area contributed by atoms with Gasteiger partial charge in [0.1, 0.15) is 5.82 Å². The fraction of sp³-hybridized carbons (Fsp3) is 0.188. The van der Waals surface area contributed by atoms with E-state index < -0.39 is 11.8 Å². The Morgan fingerprint density at radius 2 is 1.90 bits per heavy atom. The topological polar surface area (TPSA) is 53.2 Å². The van der Waals surface area contributed by atoms with Crippen molar-refractivity contribution in [3.05, 3.63) is 59.9 Å². The number of urea groups is 1. The van der Waals surface area contributed by atoms with Crippen LogP contribution < -0.4 is 16.0 Å². The Hall–Kier alpha value is -2.40. The van der Waals surface area contributed by atoms with Gasteiger partial charge in [-0.1, -0.05) is 31.2 Å². The summed E-state index contributed by atoms with van der Waals surface area (Å²) in [5.41, 5.74) is 1.89. The monoisotopic (exact) mass is 287 g/mol. The van der Waals surface area contributed by atoms with Gasteiger partial charge >= 0.3 is 6.03 Å². The highest BCUT2D eigenvalue weighted by atomic mass is 19.1. The Bertz CT molecular complexity index is 616. The maximum Gasteiger partial charge on any atom is 0.323 e. The first-order chi connectivity index (χ1) is 10.2.